The highest BCUT2D eigenvalue weighted by atomic mass is 16.7. The summed E-state index contributed by atoms with van der Waals surface area (Å²) < 4.78 is 22.5. The molecule has 3 aromatic carbocycles. The van der Waals surface area contributed by atoms with E-state index in [2.05, 4.69) is 10.6 Å². The molecule has 2 aliphatic heterocycles. The van der Waals surface area contributed by atoms with Gasteiger partial charge in [-0.2, -0.15) is 0 Å². The first-order chi connectivity index (χ1) is 20.5. The number of aliphatic hydroxyl groups is 1. The first-order valence-corrected chi connectivity index (χ1v) is 14.5. The largest absolute Gasteiger partial charge is 0.484 e. The minimum atomic E-state index is -0.982. The Morgan fingerprint density at radius 1 is 0.857 bits per heavy atom. The third-order valence-corrected chi connectivity index (χ3v) is 7.64. The number of carbonyl (C=O) groups excluding carboxylic acids is 2. The fourth-order valence-corrected chi connectivity index (χ4v) is 5.50. The molecule has 9 nitrogen and oxygen atoms in total. The number of para-hydroxylation sites is 1. The summed E-state index contributed by atoms with van der Waals surface area (Å²) >= 11 is 0. The molecule has 2 amide bonds. The Morgan fingerprint density at radius 2 is 1.50 bits per heavy atom. The fraction of sp³-hybridized carbons (Fsp3) is 0.394. The molecule has 0 saturated carbocycles. The van der Waals surface area contributed by atoms with Gasteiger partial charge in [0.1, 0.15) is 11.9 Å². The van der Waals surface area contributed by atoms with Crippen LogP contribution in [0.15, 0.2) is 91.0 Å². The molecule has 222 valence electrons. The van der Waals surface area contributed by atoms with Crippen molar-refractivity contribution in [1.29, 1.82) is 0 Å². The van der Waals surface area contributed by atoms with Gasteiger partial charge in [0.15, 0.2) is 12.9 Å². The lowest BCUT2D eigenvalue weighted by Gasteiger charge is -2.29. The number of fused-ring (bicyclic) bond motifs is 1. The van der Waals surface area contributed by atoms with Gasteiger partial charge >= 0.3 is 6.09 Å². The van der Waals surface area contributed by atoms with Crippen LogP contribution in [0.4, 0.5) is 4.79 Å². The van der Waals surface area contributed by atoms with E-state index in [-0.39, 0.29) is 37.7 Å². The molecule has 0 aromatic heterocycles. The van der Waals surface area contributed by atoms with Crippen molar-refractivity contribution >= 4 is 12.0 Å². The molecule has 2 saturated heterocycles. The van der Waals surface area contributed by atoms with Gasteiger partial charge in [0, 0.05) is 6.04 Å². The lowest BCUT2D eigenvalue weighted by Crippen LogP contribution is -2.50. The smallest absolute Gasteiger partial charge is 0.407 e. The van der Waals surface area contributed by atoms with Gasteiger partial charge in [-0.3, -0.25) is 4.79 Å². The van der Waals surface area contributed by atoms with Crippen LogP contribution in [0.25, 0.3) is 0 Å². The maximum absolute atomic E-state index is 13.0. The van der Waals surface area contributed by atoms with Crippen LogP contribution in [0.1, 0.15) is 24.0 Å². The molecule has 3 aromatic rings. The summed E-state index contributed by atoms with van der Waals surface area (Å²) in [5.74, 6) is 0.312. The summed E-state index contributed by atoms with van der Waals surface area (Å²) in [6.45, 7) is 0.709. The van der Waals surface area contributed by atoms with Crippen molar-refractivity contribution < 1.29 is 33.6 Å². The lowest BCUT2D eigenvalue weighted by atomic mass is 9.93. The summed E-state index contributed by atoms with van der Waals surface area (Å²) in [5.41, 5.74) is 1.97. The summed E-state index contributed by atoms with van der Waals surface area (Å²) in [4.78, 5) is 25.9. The van der Waals surface area contributed by atoms with E-state index >= 15 is 0 Å². The van der Waals surface area contributed by atoms with Gasteiger partial charge in [-0.15, -0.1) is 0 Å². The third-order valence-electron chi connectivity index (χ3n) is 7.64. The molecule has 5 rings (SSSR count). The van der Waals surface area contributed by atoms with E-state index in [1.54, 1.807) is 12.1 Å². The van der Waals surface area contributed by atoms with Gasteiger partial charge in [0.05, 0.1) is 31.3 Å². The highest BCUT2D eigenvalue weighted by Gasteiger charge is 2.44. The Morgan fingerprint density at radius 3 is 2.19 bits per heavy atom. The van der Waals surface area contributed by atoms with Crippen LogP contribution in [0.5, 0.6) is 5.75 Å². The van der Waals surface area contributed by atoms with Gasteiger partial charge in [-0.05, 0) is 48.9 Å². The van der Waals surface area contributed by atoms with Gasteiger partial charge in [-0.1, -0.05) is 78.9 Å². The standard InChI is InChI=1S/C33H38N2O7/c36-29(20-25(18-23-10-4-1-5-11-23)34-31(37)22-40-26-14-8-3-9-15-26)28(19-24-12-6-2-7-13-24)35-33(38)42-30-21-41-32-27(30)16-17-39-32/h1-15,25,27-30,32,36H,16-22H2,(H,34,37)(H,35,38)/t25-,27-,28-,29-,30-,32+/m0/s1. The van der Waals surface area contributed by atoms with Crippen LogP contribution in [-0.4, -0.2) is 67.5 Å². The summed E-state index contributed by atoms with van der Waals surface area (Å²) in [5, 5.41) is 17.4. The van der Waals surface area contributed by atoms with Crippen molar-refractivity contribution in [3.8, 4) is 5.75 Å². The van der Waals surface area contributed by atoms with Crippen LogP contribution in [-0.2, 0) is 31.8 Å². The van der Waals surface area contributed by atoms with E-state index in [0.717, 1.165) is 17.5 Å². The maximum atomic E-state index is 13.0. The van der Waals surface area contributed by atoms with Gasteiger partial charge in [-0.25, -0.2) is 4.79 Å². The predicted octanol–water partition coefficient (Wildman–Crippen LogP) is 3.64. The van der Waals surface area contributed by atoms with Crippen molar-refractivity contribution in [3.05, 3.63) is 102 Å². The van der Waals surface area contributed by atoms with Gasteiger partial charge in [0.25, 0.3) is 5.91 Å². The molecule has 0 unspecified atom stereocenters. The molecule has 2 heterocycles. The number of carbonyl (C=O) groups is 2. The molecule has 2 aliphatic rings. The zero-order valence-corrected chi connectivity index (χ0v) is 23.5. The van der Waals surface area contributed by atoms with Crippen LogP contribution in [0, 0.1) is 5.92 Å². The van der Waals surface area contributed by atoms with Crippen molar-refractivity contribution in [1.82, 2.24) is 10.6 Å². The molecule has 42 heavy (non-hydrogen) atoms. The SMILES string of the molecule is O=C(COc1ccccc1)N[C@@H](Cc1ccccc1)C[C@H](O)[C@H](Cc1ccccc1)NC(=O)O[C@H]1CO[C@H]2OCC[C@H]21. The summed E-state index contributed by atoms with van der Waals surface area (Å²) in [6.07, 6.45) is -0.470. The molecule has 3 N–H and O–H groups in total. The van der Waals surface area contributed by atoms with E-state index < -0.39 is 30.4 Å². The molecule has 2 fully saturated rings. The second kappa shape index (κ2) is 14.8. The zero-order chi connectivity index (χ0) is 29.1. The number of benzene rings is 3. The minimum Gasteiger partial charge on any atom is -0.484 e. The minimum absolute atomic E-state index is 0.0109. The van der Waals surface area contributed by atoms with E-state index in [9.17, 15) is 14.7 Å². The second-order valence-electron chi connectivity index (χ2n) is 10.8. The normalized spacial score (nSPS) is 21.5. The maximum Gasteiger partial charge on any atom is 0.407 e. The molecule has 6 atom stereocenters. The average Bonchev–Trinajstić information content (AvgIpc) is 3.62. The monoisotopic (exact) mass is 574 g/mol. The van der Waals surface area contributed by atoms with Crippen LogP contribution in [0.3, 0.4) is 0 Å². The van der Waals surface area contributed by atoms with Crippen molar-refractivity contribution in [2.24, 2.45) is 5.92 Å². The number of aliphatic hydroxyl groups excluding tert-OH is 1. The van der Waals surface area contributed by atoms with E-state index in [1.165, 1.54) is 0 Å². The van der Waals surface area contributed by atoms with E-state index in [4.69, 9.17) is 18.9 Å². The third kappa shape index (κ3) is 8.55. The second-order valence-corrected chi connectivity index (χ2v) is 10.8. The summed E-state index contributed by atoms with van der Waals surface area (Å²) in [6, 6.07) is 27.5. The molecule has 0 radical (unpaired) electrons. The van der Waals surface area contributed by atoms with Crippen LogP contribution >= 0.6 is 0 Å². The van der Waals surface area contributed by atoms with Crippen molar-refractivity contribution in [3.63, 3.8) is 0 Å². The van der Waals surface area contributed by atoms with Crippen molar-refractivity contribution in [2.45, 2.75) is 56.3 Å². The van der Waals surface area contributed by atoms with Crippen LogP contribution in [0.2, 0.25) is 0 Å². The molecule has 9 heteroatoms. The molecular weight excluding hydrogens is 536 g/mol. The molecule has 0 spiro atoms. The Bertz CT molecular complexity index is 1260. The van der Waals surface area contributed by atoms with Gasteiger partial charge < -0.3 is 34.7 Å². The number of rotatable bonds is 13. The Balaban J connectivity index is 1.25. The number of hydrogen-bond donors (Lipinski definition) is 3. The zero-order valence-electron chi connectivity index (χ0n) is 23.5. The topological polar surface area (TPSA) is 115 Å². The number of nitrogens with one attached hydrogen (secondary N) is 2. The highest BCUT2D eigenvalue weighted by molar-refractivity contribution is 5.77. The molecular formula is C33H38N2O7. The number of alkyl carbamates (subject to hydrolysis) is 1. The number of amides is 2. The summed E-state index contributed by atoms with van der Waals surface area (Å²) in [7, 11) is 0. The molecule has 0 bridgehead atoms. The molecule has 0 aliphatic carbocycles. The Hall–Kier alpha value is -3.92. The average molecular weight is 575 g/mol. The first kappa shape index (κ1) is 29.6. The number of hydrogen-bond acceptors (Lipinski definition) is 7. The van der Waals surface area contributed by atoms with Crippen molar-refractivity contribution in [2.75, 3.05) is 19.8 Å². The van der Waals surface area contributed by atoms with E-state index in [0.29, 0.717) is 25.2 Å². The van der Waals surface area contributed by atoms with Gasteiger partial charge in [0.2, 0.25) is 0 Å². The highest BCUT2D eigenvalue weighted by Crippen LogP contribution is 2.33. The predicted molar refractivity (Wildman–Crippen MR) is 156 cm³/mol. The lowest BCUT2D eigenvalue weighted by molar-refractivity contribution is -0.124. The Kier molecular flexibility index (Phi) is 10.4. The van der Waals surface area contributed by atoms with Crippen LogP contribution < -0.4 is 15.4 Å². The van der Waals surface area contributed by atoms with E-state index in [1.807, 2.05) is 78.9 Å². The quantitative estimate of drug-likeness (QED) is 0.286. The Labute approximate surface area is 246 Å². The fourth-order valence-electron chi connectivity index (χ4n) is 5.50. The number of ether oxygens (including phenoxy) is 4. The first-order valence-electron chi connectivity index (χ1n) is 14.5.